The molecule has 0 radical (unpaired) electrons. The van der Waals surface area contributed by atoms with Crippen LogP contribution in [0.2, 0.25) is 0 Å². The van der Waals surface area contributed by atoms with Crippen LogP contribution in [0.3, 0.4) is 0 Å². The molecule has 5 rings (SSSR count). The maximum absolute atomic E-state index is 13.4. The summed E-state index contributed by atoms with van der Waals surface area (Å²) in [5.41, 5.74) is 1.70. The average molecular weight is 491 g/mol. The van der Waals surface area contributed by atoms with Crippen LogP contribution >= 0.6 is 11.8 Å². The molecule has 2 N–H and O–H groups in total. The number of imide groups is 1. The molecule has 1 fully saturated rings. The quantitative estimate of drug-likeness (QED) is 0.557. The Bertz CT molecular complexity index is 1330. The normalized spacial score (nSPS) is 22.1. The van der Waals surface area contributed by atoms with Crippen molar-refractivity contribution in [3.05, 3.63) is 45.7 Å². The van der Waals surface area contributed by atoms with Crippen LogP contribution in [-0.4, -0.2) is 60.4 Å². The number of fused-ring (bicyclic) bond motifs is 1. The van der Waals surface area contributed by atoms with E-state index in [0.717, 1.165) is 35.2 Å². The summed E-state index contributed by atoms with van der Waals surface area (Å²) in [5.74, 6) is -1.31. The van der Waals surface area contributed by atoms with Gasteiger partial charge in [-0.05, 0) is 50.6 Å². The third-order valence-electron chi connectivity index (χ3n) is 5.86. The lowest BCUT2D eigenvalue weighted by Crippen LogP contribution is -2.52. The molecule has 3 amide bonds. The Morgan fingerprint density at radius 2 is 2.12 bits per heavy atom. The molecule has 174 valence electrons. The highest BCUT2D eigenvalue weighted by atomic mass is 32.3. The molecule has 2 aromatic rings. The third kappa shape index (κ3) is 4.15. The molecule has 3 aliphatic rings. The summed E-state index contributed by atoms with van der Waals surface area (Å²) in [6.45, 7) is 3.86. The number of aromatic nitrogens is 4. The molecule has 2 aliphatic heterocycles. The van der Waals surface area contributed by atoms with E-state index < -0.39 is 33.4 Å². The van der Waals surface area contributed by atoms with Gasteiger partial charge < -0.3 is 0 Å². The van der Waals surface area contributed by atoms with Crippen LogP contribution in [0.1, 0.15) is 36.7 Å². The SMILES string of the molecule is Cc1cc(C[N+]2=C3SC(S(=O)(=O)NC4(C)CC4)=CC3C(=O)N(Cc3cnn(C)c3)C2=O)n[nH]1. The van der Waals surface area contributed by atoms with Gasteiger partial charge in [-0.3, -0.25) is 9.78 Å². The zero-order valence-electron chi connectivity index (χ0n) is 18.4. The number of H-pyrrole nitrogens is 1. The Hall–Kier alpha value is -2.77. The molecule has 1 aliphatic carbocycles. The summed E-state index contributed by atoms with van der Waals surface area (Å²) in [6, 6.07) is 1.29. The Morgan fingerprint density at radius 1 is 1.36 bits per heavy atom. The Kier molecular flexibility index (Phi) is 5.10. The van der Waals surface area contributed by atoms with Gasteiger partial charge in [0.2, 0.25) is 10.0 Å². The molecular weight excluding hydrogens is 466 g/mol. The van der Waals surface area contributed by atoms with E-state index >= 15 is 0 Å². The number of aromatic amines is 1. The van der Waals surface area contributed by atoms with Gasteiger partial charge in [0.25, 0.3) is 0 Å². The highest BCUT2D eigenvalue weighted by molar-refractivity contribution is 8.27. The van der Waals surface area contributed by atoms with Gasteiger partial charge in [0.05, 0.1) is 6.20 Å². The highest BCUT2D eigenvalue weighted by Crippen LogP contribution is 2.42. The molecule has 0 saturated heterocycles. The van der Waals surface area contributed by atoms with Crippen molar-refractivity contribution < 1.29 is 22.6 Å². The summed E-state index contributed by atoms with van der Waals surface area (Å²) >= 11 is 0.955. The minimum absolute atomic E-state index is 0.0439. The number of hydrogen-bond acceptors (Lipinski definition) is 7. The number of nitrogens with one attached hydrogen (secondary N) is 2. The second-order valence-corrected chi connectivity index (χ2v) is 11.9. The molecule has 13 heteroatoms. The van der Waals surface area contributed by atoms with Crippen molar-refractivity contribution in [2.75, 3.05) is 0 Å². The van der Waals surface area contributed by atoms with Crippen molar-refractivity contribution in [2.24, 2.45) is 13.0 Å². The molecule has 33 heavy (non-hydrogen) atoms. The molecule has 1 saturated carbocycles. The van der Waals surface area contributed by atoms with Crippen molar-refractivity contribution in [3.63, 3.8) is 0 Å². The maximum Gasteiger partial charge on any atom is 0.502 e. The van der Waals surface area contributed by atoms with E-state index in [4.69, 9.17) is 0 Å². The van der Waals surface area contributed by atoms with Crippen molar-refractivity contribution in [2.45, 2.75) is 45.3 Å². The molecule has 2 aromatic heterocycles. The molecule has 0 aromatic carbocycles. The Labute approximate surface area is 195 Å². The van der Waals surface area contributed by atoms with Crippen molar-refractivity contribution in [1.82, 2.24) is 29.6 Å². The van der Waals surface area contributed by atoms with E-state index in [-0.39, 0.29) is 17.3 Å². The van der Waals surface area contributed by atoms with Gasteiger partial charge >= 0.3 is 11.9 Å². The zero-order chi connectivity index (χ0) is 23.5. The minimum Gasteiger partial charge on any atom is -0.282 e. The highest BCUT2D eigenvalue weighted by Gasteiger charge is 2.53. The summed E-state index contributed by atoms with van der Waals surface area (Å²) in [5, 5.41) is 11.5. The molecule has 11 nitrogen and oxygen atoms in total. The number of rotatable bonds is 7. The first-order valence-electron chi connectivity index (χ1n) is 10.5. The predicted octanol–water partition coefficient (Wildman–Crippen LogP) is 1.20. The van der Waals surface area contributed by atoms with Crippen molar-refractivity contribution in [3.8, 4) is 0 Å². The van der Waals surface area contributed by atoms with Gasteiger partial charge in [0, 0.05) is 30.0 Å². The van der Waals surface area contributed by atoms with E-state index in [0.29, 0.717) is 16.3 Å². The van der Waals surface area contributed by atoms with Gasteiger partial charge in [0.15, 0.2) is 5.04 Å². The molecule has 0 spiro atoms. The lowest BCUT2D eigenvalue weighted by Gasteiger charge is -2.23. The number of carbonyl (C=O) groups is 2. The fourth-order valence-corrected chi connectivity index (χ4v) is 6.91. The molecule has 4 heterocycles. The molecule has 1 atom stereocenters. The molecular formula is C20H24N7O4S2+. The lowest BCUT2D eigenvalue weighted by molar-refractivity contribution is -0.455. The monoisotopic (exact) mass is 490 g/mol. The standard InChI is InChI=1S/C20H24N7O4S2/c1-12-6-14(23-22-12)11-27-18-15(7-16(32-18)33(30,31)24-20(2)4-5-20)17(28)26(19(27)29)10-13-8-21-25(3)9-13/h6-9,15,24H,4-5,10-11H2,1-3H3,(H,22,23)/q+1. The van der Waals surface area contributed by atoms with E-state index in [1.54, 1.807) is 24.1 Å². The number of thioether (sulfide) groups is 1. The smallest absolute Gasteiger partial charge is 0.282 e. The number of amides is 3. The fourth-order valence-electron chi connectivity index (χ4n) is 3.86. The Balaban J connectivity index is 1.52. The van der Waals surface area contributed by atoms with E-state index in [1.165, 1.54) is 10.7 Å². The van der Waals surface area contributed by atoms with E-state index in [2.05, 4.69) is 20.0 Å². The predicted molar refractivity (Wildman–Crippen MR) is 120 cm³/mol. The second-order valence-electron chi connectivity index (χ2n) is 8.93. The minimum atomic E-state index is -3.81. The first-order chi connectivity index (χ1) is 15.5. The topological polar surface area (TPSA) is 133 Å². The zero-order valence-corrected chi connectivity index (χ0v) is 20.0. The molecule has 0 bridgehead atoms. The maximum atomic E-state index is 13.4. The van der Waals surface area contributed by atoms with Gasteiger partial charge in [-0.1, -0.05) is 0 Å². The molecule has 1 unspecified atom stereocenters. The van der Waals surface area contributed by atoms with Crippen LogP contribution in [0, 0.1) is 12.8 Å². The summed E-state index contributed by atoms with van der Waals surface area (Å²) in [6.07, 6.45) is 6.31. The third-order valence-corrected chi connectivity index (χ3v) is 9.21. The largest absolute Gasteiger partial charge is 0.502 e. The second kappa shape index (κ2) is 7.64. The van der Waals surface area contributed by atoms with Crippen LogP contribution in [0.4, 0.5) is 4.79 Å². The van der Waals surface area contributed by atoms with E-state index in [9.17, 15) is 18.0 Å². The van der Waals surface area contributed by atoms with Crippen LogP contribution in [0.15, 0.2) is 28.8 Å². The number of aryl methyl sites for hydroxylation is 2. The summed E-state index contributed by atoms with van der Waals surface area (Å²) in [4.78, 5) is 27.9. The summed E-state index contributed by atoms with van der Waals surface area (Å²) < 4.78 is 31.8. The van der Waals surface area contributed by atoms with Crippen LogP contribution < -0.4 is 4.72 Å². The number of urea groups is 1. The van der Waals surface area contributed by atoms with Gasteiger partial charge in [0.1, 0.15) is 28.9 Å². The number of hydrogen-bond donors (Lipinski definition) is 2. The first-order valence-corrected chi connectivity index (χ1v) is 12.8. The Morgan fingerprint density at radius 3 is 2.73 bits per heavy atom. The van der Waals surface area contributed by atoms with Crippen LogP contribution in [0.25, 0.3) is 0 Å². The first kappa shape index (κ1) is 22.0. The van der Waals surface area contributed by atoms with Crippen LogP contribution in [0.5, 0.6) is 0 Å². The number of carbonyl (C=O) groups excluding carboxylic acids is 2. The number of nitrogens with zero attached hydrogens (tertiary/aromatic N) is 5. The van der Waals surface area contributed by atoms with Crippen LogP contribution in [-0.2, 0) is 35.0 Å². The van der Waals surface area contributed by atoms with Gasteiger partial charge in [-0.2, -0.15) is 24.5 Å². The average Bonchev–Trinajstić information content (AvgIpc) is 3.12. The van der Waals surface area contributed by atoms with Gasteiger partial charge in [-0.25, -0.2) is 17.9 Å². The van der Waals surface area contributed by atoms with Crippen molar-refractivity contribution in [1.29, 1.82) is 0 Å². The van der Waals surface area contributed by atoms with E-state index in [1.807, 2.05) is 19.9 Å². The van der Waals surface area contributed by atoms with Gasteiger partial charge in [-0.15, -0.1) is 0 Å². The fraction of sp³-hybridized carbons (Fsp3) is 0.450. The van der Waals surface area contributed by atoms with Crippen molar-refractivity contribution >= 4 is 38.8 Å². The summed E-state index contributed by atoms with van der Waals surface area (Å²) in [7, 11) is -2.06. The lowest BCUT2D eigenvalue weighted by atomic mass is 10.1. The number of sulfonamides is 1.